The van der Waals surface area contributed by atoms with Gasteiger partial charge in [0.1, 0.15) is 5.82 Å². The zero-order chi connectivity index (χ0) is 11.9. The van der Waals surface area contributed by atoms with Crippen molar-refractivity contribution in [3.8, 4) is 0 Å². The summed E-state index contributed by atoms with van der Waals surface area (Å²) >= 11 is 1.63. The zero-order valence-corrected chi connectivity index (χ0v) is 11.0. The molecule has 0 radical (unpaired) electrons. The third-order valence-corrected chi connectivity index (χ3v) is 4.23. The fourth-order valence-corrected chi connectivity index (χ4v) is 3.16. The maximum atomic E-state index is 13.4. The zero-order valence-electron chi connectivity index (χ0n) is 10.2. The number of halogens is 1. The van der Waals surface area contributed by atoms with E-state index < -0.39 is 0 Å². The number of likely N-dealkylation sites (tertiary alicyclic amines) is 1. The highest BCUT2D eigenvalue weighted by Crippen LogP contribution is 2.21. The van der Waals surface area contributed by atoms with Crippen LogP contribution in [-0.4, -0.2) is 30.3 Å². The largest absolute Gasteiger partial charge is 0.303 e. The van der Waals surface area contributed by atoms with Gasteiger partial charge in [-0.25, -0.2) is 4.39 Å². The molecule has 1 heterocycles. The van der Waals surface area contributed by atoms with Gasteiger partial charge in [0.05, 0.1) is 0 Å². The van der Waals surface area contributed by atoms with Gasteiger partial charge < -0.3 is 4.90 Å². The van der Waals surface area contributed by atoms with Crippen LogP contribution in [0.1, 0.15) is 25.7 Å². The van der Waals surface area contributed by atoms with E-state index in [4.69, 9.17) is 0 Å². The van der Waals surface area contributed by atoms with Crippen LogP contribution >= 0.6 is 11.8 Å². The Morgan fingerprint density at radius 2 is 1.76 bits per heavy atom. The highest BCUT2D eigenvalue weighted by molar-refractivity contribution is 7.99. The molecule has 0 bridgehead atoms. The van der Waals surface area contributed by atoms with Gasteiger partial charge >= 0.3 is 0 Å². The number of hydrogen-bond acceptors (Lipinski definition) is 2. The van der Waals surface area contributed by atoms with Crippen molar-refractivity contribution >= 4 is 11.8 Å². The summed E-state index contributed by atoms with van der Waals surface area (Å²) in [5.74, 6) is 0.898. The van der Waals surface area contributed by atoms with Gasteiger partial charge in [-0.15, -0.1) is 11.8 Å². The second kappa shape index (κ2) is 7.02. The van der Waals surface area contributed by atoms with E-state index in [1.165, 1.54) is 44.8 Å². The van der Waals surface area contributed by atoms with E-state index in [1.54, 1.807) is 17.8 Å². The van der Waals surface area contributed by atoms with E-state index in [-0.39, 0.29) is 5.82 Å². The topological polar surface area (TPSA) is 3.24 Å². The maximum Gasteiger partial charge on any atom is 0.136 e. The van der Waals surface area contributed by atoms with Crippen LogP contribution in [0, 0.1) is 5.82 Å². The summed E-state index contributed by atoms with van der Waals surface area (Å²) in [6.07, 6.45) is 5.39. The molecule has 1 aromatic carbocycles. The van der Waals surface area contributed by atoms with Gasteiger partial charge in [0, 0.05) is 17.2 Å². The predicted octanol–water partition coefficient (Wildman–Crippen LogP) is 3.79. The van der Waals surface area contributed by atoms with Crippen LogP contribution in [0.5, 0.6) is 0 Å². The first-order chi connectivity index (χ1) is 8.36. The van der Waals surface area contributed by atoms with Crippen molar-refractivity contribution < 1.29 is 4.39 Å². The fraction of sp³-hybridized carbons (Fsp3) is 0.571. The molecule has 94 valence electrons. The summed E-state index contributed by atoms with van der Waals surface area (Å²) in [4.78, 5) is 3.29. The van der Waals surface area contributed by atoms with Gasteiger partial charge in [0.2, 0.25) is 0 Å². The molecule has 1 aliphatic rings. The molecule has 1 fully saturated rings. The van der Waals surface area contributed by atoms with E-state index in [1.807, 2.05) is 12.1 Å². The van der Waals surface area contributed by atoms with Crippen LogP contribution in [0.4, 0.5) is 4.39 Å². The molecule has 0 spiro atoms. The summed E-state index contributed by atoms with van der Waals surface area (Å²) in [6.45, 7) is 3.52. The lowest BCUT2D eigenvalue weighted by Gasteiger charge is -2.19. The first-order valence-corrected chi connectivity index (χ1v) is 7.44. The van der Waals surface area contributed by atoms with Crippen molar-refractivity contribution in [3.05, 3.63) is 30.1 Å². The predicted molar refractivity (Wildman–Crippen MR) is 72.0 cm³/mol. The van der Waals surface area contributed by atoms with Gasteiger partial charge in [0.25, 0.3) is 0 Å². The highest BCUT2D eigenvalue weighted by atomic mass is 32.2. The van der Waals surface area contributed by atoms with Crippen molar-refractivity contribution in [2.75, 3.05) is 25.4 Å². The minimum absolute atomic E-state index is 0.0895. The Labute approximate surface area is 107 Å². The molecule has 3 heteroatoms. The summed E-state index contributed by atoms with van der Waals surface area (Å²) in [7, 11) is 0. The van der Waals surface area contributed by atoms with E-state index >= 15 is 0 Å². The van der Waals surface area contributed by atoms with Crippen LogP contribution in [0.2, 0.25) is 0 Å². The molecule has 2 rings (SSSR count). The van der Waals surface area contributed by atoms with E-state index in [0.717, 1.165) is 17.2 Å². The Bertz CT molecular complexity index is 335. The van der Waals surface area contributed by atoms with Gasteiger partial charge in [-0.1, -0.05) is 25.0 Å². The fourth-order valence-electron chi connectivity index (χ4n) is 2.21. The molecule has 1 aromatic rings. The van der Waals surface area contributed by atoms with Gasteiger partial charge in [-0.2, -0.15) is 0 Å². The number of rotatable bonds is 4. The number of thioether (sulfide) groups is 1. The van der Waals surface area contributed by atoms with Crippen molar-refractivity contribution in [1.29, 1.82) is 0 Å². The molecule has 0 aromatic heterocycles. The third-order valence-electron chi connectivity index (χ3n) is 3.20. The molecule has 0 unspecified atom stereocenters. The van der Waals surface area contributed by atoms with Crippen molar-refractivity contribution in [3.63, 3.8) is 0 Å². The Morgan fingerprint density at radius 1 is 1.06 bits per heavy atom. The summed E-state index contributed by atoms with van der Waals surface area (Å²) < 4.78 is 13.4. The normalized spacial score (nSPS) is 17.9. The number of hydrogen-bond donors (Lipinski definition) is 0. The van der Waals surface area contributed by atoms with E-state index in [0.29, 0.717) is 0 Å². The van der Waals surface area contributed by atoms with Crippen LogP contribution in [0.3, 0.4) is 0 Å². The smallest absolute Gasteiger partial charge is 0.136 e. The minimum Gasteiger partial charge on any atom is -0.303 e. The molecule has 0 atom stereocenters. The van der Waals surface area contributed by atoms with E-state index in [2.05, 4.69) is 4.90 Å². The SMILES string of the molecule is Fc1ccccc1SCCN1CCCCCC1. The standard InChI is InChI=1S/C14H20FNS/c15-13-7-3-4-8-14(13)17-12-11-16-9-5-1-2-6-10-16/h3-4,7-8H,1-2,5-6,9-12H2. The molecule has 0 saturated carbocycles. The van der Waals surface area contributed by atoms with Crippen molar-refractivity contribution in [2.24, 2.45) is 0 Å². The summed E-state index contributed by atoms with van der Waals surface area (Å²) in [5.41, 5.74) is 0. The van der Waals surface area contributed by atoms with E-state index in [9.17, 15) is 4.39 Å². The van der Waals surface area contributed by atoms with Gasteiger partial charge in [0.15, 0.2) is 0 Å². The average molecular weight is 253 g/mol. The van der Waals surface area contributed by atoms with Crippen LogP contribution in [0.15, 0.2) is 29.2 Å². The second-order valence-electron chi connectivity index (χ2n) is 4.53. The Morgan fingerprint density at radius 3 is 2.47 bits per heavy atom. The molecule has 0 amide bonds. The molecular formula is C14H20FNS. The molecule has 0 N–H and O–H groups in total. The first kappa shape index (κ1) is 12.9. The second-order valence-corrected chi connectivity index (χ2v) is 5.67. The lowest BCUT2D eigenvalue weighted by atomic mass is 10.2. The van der Waals surface area contributed by atoms with Crippen LogP contribution < -0.4 is 0 Å². The number of nitrogens with zero attached hydrogens (tertiary/aromatic N) is 1. The molecule has 17 heavy (non-hydrogen) atoms. The van der Waals surface area contributed by atoms with Crippen molar-refractivity contribution in [1.82, 2.24) is 4.90 Å². The summed E-state index contributed by atoms with van der Waals surface area (Å²) in [6, 6.07) is 7.04. The highest BCUT2D eigenvalue weighted by Gasteiger charge is 2.09. The Balaban J connectivity index is 1.73. The maximum absolute atomic E-state index is 13.4. The molecular weight excluding hydrogens is 233 g/mol. The molecule has 1 aliphatic heterocycles. The molecule has 1 nitrogen and oxygen atoms in total. The number of benzene rings is 1. The Hall–Kier alpha value is -0.540. The van der Waals surface area contributed by atoms with Gasteiger partial charge in [-0.3, -0.25) is 0 Å². The Kier molecular flexibility index (Phi) is 5.33. The minimum atomic E-state index is -0.0895. The lowest BCUT2D eigenvalue weighted by molar-refractivity contribution is 0.303. The molecule has 0 aliphatic carbocycles. The molecule has 1 saturated heterocycles. The van der Waals surface area contributed by atoms with Crippen LogP contribution in [0.25, 0.3) is 0 Å². The van der Waals surface area contributed by atoms with Crippen molar-refractivity contribution in [2.45, 2.75) is 30.6 Å². The third kappa shape index (κ3) is 4.32. The average Bonchev–Trinajstić information content (AvgIpc) is 2.60. The van der Waals surface area contributed by atoms with Gasteiger partial charge in [-0.05, 0) is 38.1 Å². The first-order valence-electron chi connectivity index (χ1n) is 6.46. The quantitative estimate of drug-likeness (QED) is 0.751. The van der Waals surface area contributed by atoms with Crippen LogP contribution in [-0.2, 0) is 0 Å². The monoisotopic (exact) mass is 253 g/mol. The summed E-state index contributed by atoms with van der Waals surface area (Å²) in [5, 5.41) is 0. The lowest BCUT2D eigenvalue weighted by Crippen LogP contribution is -2.26.